The molecule has 0 spiro atoms. The molecule has 0 bridgehead atoms. The summed E-state index contributed by atoms with van der Waals surface area (Å²) in [6.45, 7) is 16.0. The SMILES string of the molecule is CC(C)(C)OC(=O)N1CCN(c2ccccc2N)CC1.CC(C)(C)OC(=O)N1CCN(c2ccccc2[N+](=O)[O-])CC1. The molecule has 2 aliphatic rings. The van der Waals surface area contributed by atoms with Crippen LogP contribution in [0.4, 0.5) is 32.3 Å². The highest BCUT2D eigenvalue weighted by Crippen LogP contribution is 2.28. The molecule has 2 aliphatic heterocycles. The summed E-state index contributed by atoms with van der Waals surface area (Å²) in [4.78, 5) is 42.2. The lowest BCUT2D eigenvalue weighted by atomic mass is 10.2. The highest BCUT2D eigenvalue weighted by atomic mass is 16.6. The van der Waals surface area contributed by atoms with Gasteiger partial charge in [-0.15, -0.1) is 0 Å². The van der Waals surface area contributed by atoms with E-state index in [9.17, 15) is 19.7 Å². The topological polar surface area (TPSA) is 135 Å². The van der Waals surface area contributed by atoms with Gasteiger partial charge >= 0.3 is 12.2 Å². The maximum atomic E-state index is 12.0. The second-order valence-corrected chi connectivity index (χ2v) is 12.2. The van der Waals surface area contributed by atoms with Gasteiger partial charge in [0.2, 0.25) is 0 Å². The second-order valence-electron chi connectivity index (χ2n) is 12.2. The van der Waals surface area contributed by atoms with Gasteiger partial charge in [-0.05, 0) is 59.7 Å². The monoisotopic (exact) mass is 584 g/mol. The Kier molecular flexibility index (Phi) is 10.5. The van der Waals surface area contributed by atoms with Gasteiger partial charge in [0.1, 0.15) is 16.9 Å². The van der Waals surface area contributed by atoms with E-state index in [1.54, 1.807) is 28.0 Å². The van der Waals surface area contributed by atoms with Gasteiger partial charge in [-0.3, -0.25) is 10.1 Å². The predicted molar refractivity (Wildman–Crippen MR) is 164 cm³/mol. The number of benzene rings is 2. The van der Waals surface area contributed by atoms with Gasteiger partial charge < -0.3 is 34.8 Å². The van der Waals surface area contributed by atoms with E-state index in [-0.39, 0.29) is 22.8 Å². The second kappa shape index (κ2) is 13.6. The lowest BCUT2D eigenvalue weighted by molar-refractivity contribution is -0.384. The van der Waals surface area contributed by atoms with Crippen LogP contribution in [0.15, 0.2) is 48.5 Å². The van der Waals surface area contributed by atoms with E-state index in [0.717, 1.165) is 24.5 Å². The number of hydrogen-bond acceptors (Lipinski definition) is 9. The van der Waals surface area contributed by atoms with Crippen LogP contribution >= 0.6 is 0 Å². The summed E-state index contributed by atoms with van der Waals surface area (Å²) >= 11 is 0. The van der Waals surface area contributed by atoms with E-state index in [1.807, 2.05) is 70.7 Å². The minimum absolute atomic E-state index is 0.0909. The van der Waals surface area contributed by atoms with E-state index in [0.29, 0.717) is 45.0 Å². The molecule has 0 aromatic heterocycles. The molecule has 2 aromatic rings. The first kappa shape index (κ1) is 32.3. The van der Waals surface area contributed by atoms with Gasteiger partial charge in [-0.25, -0.2) is 9.59 Å². The molecule has 0 radical (unpaired) electrons. The third-order valence-electron chi connectivity index (χ3n) is 6.56. The first-order chi connectivity index (χ1) is 19.6. The van der Waals surface area contributed by atoms with Crippen molar-refractivity contribution in [3.05, 3.63) is 58.6 Å². The average Bonchev–Trinajstić information content (AvgIpc) is 2.92. The lowest BCUT2D eigenvalue weighted by Gasteiger charge is -2.37. The Morgan fingerprint density at radius 2 is 1.07 bits per heavy atom. The number of carbonyl (C=O) groups excluding carboxylic acids is 2. The summed E-state index contributed by atoms with van der Waals surface area (Å²) in [6.07, 6.45) is -0.576. The number of ether oxygens (including phenoxy) is 2. The normalized spacial score (nSPS) is 15.9. The Labute approximate surface area is 248 Å². The molecule has 4 rings (SSSR count). The summed E-state index contributed by atoms with van der Waals surface area (Å²) in [6, 6.07) is 14.5. The fourth-order valence-electron chi connectivity index (χ4n) is 4.57. The van der Waals surface area contributed by atoms with Gasteiger partial charge in [0, 0.05) is 58.4 Å². The third kappa shape index (κ3) is 9.42. The highest BCUT2D eigenvalue weighted by molar-refractivity contribution is 5.71. The van der Waals surface area contributed by atoms with Crippen molar-refractivity contribution < 1.29 is 24.0 Å². The molecule has 2 saturated heterocycles. The minimum Gasteiger partial charge on any atom is -0.444 e. The van der Waals surface area contributed by atoms with Gasteiger partial charge in [0.15, 0.2) is 0 Å². The standard InChI is InChI=1S/C15H21N3O4.C15H23N3O2/c1-15(2,3)22-14(19)17-10-8-16(9-11-17)12-6-4-5-7-13(12)18(20)21;1-15(2,3)20-14(19)18-10-8-17(9-11-18)13-7-5-4-6-12(13)16/h4-7H,8-11H2,1-3H3;4-7H,8-11,16H2,1-3H3. The molecule has 230 valence electrons. The van der Waals surface area contributed by atoms with Crippen molar-refractivity contribution in [2.45, 2.75) is 52.7 Å². The fraction of sp³-hybridized carbons (Fsp3) is 0.533. The van der Waals surface area contributed by atoms with Crippen LogP contribution in [0.3, 0.4) is 0 Å². The van der Waals surface area contributed by atoms with Gasteiger partial charge in [0.25, 0.3) is 5.69 Å². The first-order valence-electron chi connectivity index (χ1n) is 14.2. The molecular weight excluding hydrogens is 540 g/mol. The molecule has 42 heavy (non-hydrogen) atoms. The first-order valence-corrected chi connectivity index (χ1v) is 14.2. The maximum Gasteiger partial charge on any atom is 0.410 e. The summed E-state index contributed by atoms with van der Waals surface area (Å²) in [7, 11) is 0. The van der Waals surface area contributed by atoms with Crippen molar-refractivity contribution in [2.75, 3.05) is 67.9 Å². The average molecular weight is 585 g/mol. The number of anilines is 3. The zero-order valence-corrected chi connectivity index (χ0v) is 25.5. The molecule has 0 unspecified atom stereocenters. The van der Waals surface area contributed by atoms with Crippen molar-refractivity contribution in [1.29, 1.82) is 0 Å². The van der Waals surface area contributed by atoms with E-state index in [1.165, 1.54) is 6.07 Å². The number of nitro groups is 1. The van der Waals surface area contributed by atoms with E-state index in [2.05, 4.69) is 4.90 Å². The number of rotatable bonds is 3. The molecule has 2 heterocycles. The van der Waals surface area contributed by atoms with Crippen LogP contribution in [0.5, 0.6) is 0 Å². The molecule has 0 saturated carbocycles. The highest BCUT2D eigenvalue weighted by Gasteiger charge is 2.29. The number of piperazine rings is 2. The van der Waals surface area contributed by atoms with E-state index < -0.39 is 11.2 Å². The van der Waals surface area contributed by atoms with Gasteiger partial charge in [0.05, 0.1) is 16.3 Å². The number of carbonyl (C=O) groups is 2. The number of nitrogen functional groups attached to an aromatic ring is 1. The van der Waals surface area contributed by atoms with Crippen molar-refractivity contribution in [1.82, 2.24) is 9.80 Å². The van der Waals surface area contributed by atoms with Crippen LogP contribution in [0.25, 0.3) is 0 Å². The van der Waals surface area contributed by atoms with E-state index in [4.69, 9.17) is 15.2 Å². The predicted octanol–water partition coefficient (Wildman–Crippen LogP) is 4.98. The van der Waals surface area contributed by atoms with Crippen LogP contribution in [0, 0.1) is 10.1 Å². The quantitative estimate of drug-likeness (QED) is 0.301. The van der Waals surface area contributed by atoms with Crippen LogP contribution in [-0.2, 0) is 9.47 Å². The lowest BCUT2D eigenvalue weighted by Crippen LogP contribution is -2.50. The molecule has 2 aromatic carbocycles. The Morgan fingerprint density at radius 1 is 0.690 bits per heavy atom. The number of nitrogens with zero attached hydrogens (tertiary/aromatic N) is 5. The van der Waals surface area contributed by atoms with Crippen molar-refractivity contribution in [3.8, 4) is 0 Å². The summed E-state index contributed by atoms with van der Waals surface area (Å²) < 4.78 is 10.7. The van der Waals surface area contributed by atoms with Crippen LogP contribution in [-0.4, -0.2) is 90.5 Å². The number of amides is 2. The minimum atomic E-state index is -0.521. The van der Waals surface area contributed by atoms with Crippen LogP contribution < -0.4 is 15.5 Å². The number of hydrogen-bond donors (Lipinski definition) is 1. The van der Waals surface area contributed by atoms with Crippen molar-refractivity contribution in [3.63, 3.8) is 0 Å². The smallest absolute Gasteiger partial charge is 0.410 e. The molecule has 0 aliphatic carbocycles. The van der Waals surface area contributed by atoms with Crippen molar-refractivity contribution >= 4 is 34.9 Å². The summed E-state index contributed by atoms with van der Waals surface area (Å²) in [5.74, 6) is 0. The largest absolute Gasteiger partial charge is 0.444 e. The van der Waals surface area contributed by atoms with Gasteiger partial charge in [-0.1, -0.05) is 24.3 Å². The maximum absolute atomic E-state index is 12.0. The third-order valence-corrected chi connectivity index (χ3v) is 6.56. The molecule has 12 nitrogen and oxygen atoms in total. The molecule has 0 atom stereocenters. The molecule has 2 fully saturated rings. The Bertz CT molecular complexity index is 1230. The fourth-order valence-corrected chi connectivity index (χ4v) is 4.57. The Balaban J connectivity index is 0.000000231. The zero-order chi connectivity index (χ0) is 31.1. The van der Waals surface area contributed by atoms with E-state index >= 15 is 0 Å². The number of nitro benzene ring substituents is 1. The summed E-state index contributed by atoms with van der Waals surface area (Å²) in [5.41, 5.74) is 7.51. The number of para-hydroxylation sites is 4. The Morgan fingerprint density at radius 3 is 1.48 bits per heavy atom. The van der Waals surface area contributed by atoms with Crippen LogP contribution in [0.1, 0.15) is 41.5 Å². The number of nitrogens with two attached hydrogens (primary N) is 1. The van der Waals surface area contributed by atoms with Crippen LogP contribution in [0.2, 0.25) is 0 Å². The molecule has 12 heteroatoms. The molecular formula is C30H44N6O6. The van der Waals surface area contributed by atoms with Crippen molar-refractivity contribution in [2.24, 2.45) is 0 Å². The zero-order valence-electron chi connectivity index (χ0n) is 25.5. The van der Waals surface area contributed by atoms with Gasteiger partial charge in [-0.2, -0.15) is 0 Å². The summed E-state index contributed by atoms with van der Waals surface area (Å²) in [5, 5.41) is 11.1. The molecule has 2 N–H and O–H groups in total. The Hall–Kier alpha value is -4.22. The molecule has 2 amide bonds.